The average molecular weight is 409 g/mol. The fraction of sp³-hybridized carbons (Fsp3) is 0.190. The van der Waals surface area contributed by atoms with E-state index in [9.17, 15) is 4.79 Å². The van der Waals surface area contributed by atoms with E-state index >= 15 is 0 Å². The second-order valence-corrected chi connectivity index (χ2v) is 7.09. The van der Waals surface area contributed by atoms with Crippen LogP contribution >= 0.6 is 11.3 Å². The predicted molar refractivity (Wildman–Crippen MR) is 112 cm³/mol. The number of hydrogen-bond donors (Lipinski definition) is 0. The molecule has 4 aromatic rings. The smallest absolute Gasteiger partial charge is 0.291 e. The fourth-order valence-electron chi connectivity index (χ4n) is 2.99. The van der Waals surface area contributed by atoms with E-state index in [0.29, 0.717) is 33.4 Å². The molecular formula is C21H19N3O4S. The zero-order chi connectivity index (χ0) is 20.4. The minimum atomic E-state index is -0.223. The summed E-state index contributed by atoms with van der Waals surface area (Å²) in [7, 11) is 3.14. The Morgan fingerprint density at radius 1 is 1.10 bits per heavy atom. The largest absolute Gasteiger partial charge is 0.494 e. The van der Waals surface area contributed by atoms with Crippen molar-refractivity contribution in [3.63, 3.8) is 0 Å². The molecule has 0 amide bonds. The third kappa shape index (κ3) is 3.54. The number of hydrogen-bond acceptors (Lipinski definition) is 7. The van der Waals surface area contributed by atoms with Gasteiger partial charge < -0.3 is 14.2 Å². The van der Waals surface area contributed by atoms with Crippen LogP contribution in [0.2, 0.25) is 0 Å². The molecule has 4 rings (SSSR count). The summed E-state index contributed by atoms with van der Waals surface area (Å²) in [6.45, 7) is 2.54. The van der Waals surface area contributed by atoms with E-state index in [1.807, 2.05) is 43.3 Å². The van der Waals surface area contributed by atoms with Crippen molar-refractivity contribution in [1.82, 2.24) is 14.6 Å². The molecule has 0 bridgehead atoms. The molecule has 148 valence electrons. The molecule has 0 saturated carbocycles. The molecule has 0 aliphatic carbocycles. The third-order valence-corrected chi connectivity index (χ3v) is 5.28. The molecular weight excluding hydrogens is 390 g/mol. The van der Waals surface area contributed by atoms with E-state index in [0.717, 1.165) is 16.9 Å². The highest BCUT2D eigenvalue weighted by molar-refractivity contribution is 7.15. The number of nitrogens with zero attached hydrogens (tertiary/aromatic N) is 3. The summed E-state index contributed by atoms with van der Waals surface area (Å²) in [6.07, 6.45) is 1.77. The van der Waals surface area contributed by atoms with Crippen LogP contribution in [0, 0.1) is 0 Å². The zero-order valence-electron chi connectivity index (χ0n) is 16.2. The van der Waals surface area contributed by atoms with Gasteiger partial charge in [0.05, 0.1) is 25.4 Å². The summed E-state index contributed by atoms with van der Waals surface area (Å²) in [6, 6.07) is 13.0. The molecule has 0 unspecified atom stereocenters. The van der Waals surface area contributed by atoms with Crippen molar-refractivity contribution in [3.05, 3.63) is 62.9 Å². The van der Waals surface area contributed by atoms with E-state index in [1.54, 1.807) is 26.4 Å². The Hall–Kier alpha value is -3.39. The van der Waals surface area contributed by atoms with Gasteiger partial charge in [0.1, 0.15) is 5.75 Å². The summed E-state index contributed by atoms with van der Waals surface area (Å²) in [5.74, 6) is 2.46. The first-order chi connectivity index (χ1) is 14.1. The first kappa shape index (κ1) is 18.9. The molecule has 29 heavy (non-hydrogen) atoms. The standard InChI is InChI=1S/C21H19N3O4S/c1-4-28-15-10-8-13(9-11-15)19-22-21-24(23-19)20(25)17(29-21)12-14-6-5-7-16(26-2)18(14)27-3/h5-12H,4H2,1-3H3/b17-12+. The second-order valence-electron chi connectivity index (χ2n) is 6.09. The Morgan fingerprint density at radius 2 is 1.90 bits per heavy atom. The van der Waals surface area contributed by atoms with Crippen molar-refractivity contribution in [3.8, 4) is 28.6 Å². The second kappa shape index (κ2) is 7.92. The van der Waals surface area contributed by atoms with Gasteiger partial charge in [-0.1, -0.05) is 23.5 Å². The molecule has 0 fully saturated rings. The molecule has 2 heterocycles. The van der Waals surface area contributed by atoms with Gasteiger partial charge in [-0.25, -0.2) is 0 Å². The zero-order valence-corrected chi connectivity index (χ0v) is 17.0. The normalized spacial score (nSPS) is 11.8. The van der Waals surface area contributed by atoms with Crippen molar-refractivity contribution in [2.75, 3.05) is 20.8 Å². The van der Waals surface area contributed by atoms with Gasteiger partial charge >= 0.3 is 0 Å². The molecule has 2 aromatic carbocycles. The molecule has 0 N–H and O–H groups in total. The first-order valence-electron chi connectivity index (χ1n) is 9.00. The van der Waals surface area contributed by atoms with Gasteiger partial charge in [0.25, 0.3) is 5.56 Å². The van der Waals surface area contributed by atoms with E-state index in [-0.39, 0.29) is 5.56 Å². The van der Waals surface area contributed by atoms with Gasteiger partial charge in [0.2, 0.25) is 4.96 Å². The molecule has 0 atom stereocenters. The highest BCUT2D eigenvalue weighted by Gasteiger charge is 2.13. The lowest BCUT2D eigenvalue weighted by Gasteiger charge is -2.09. The number of aromatic nitrogens is 3. The van der Waals surface area contributed by atoms with Crippen LogP contribution in [-0.2, 0) is 0 Å². The fourth-order valence-corrected chi connectivity index (χ4v) is 3.89. The number of thiazole rings is 1. The van der Waals surface area contributed by atoms with E-state index in [1.165, 1.54) is 15.9 Å². The maximum absolute atomic E-state index is 12.8. The van der Waals surface area contributed by atoms with Crippen LogP contribution in [0.25, 0.3) is 22.4 Å². The molecule has 0 spiro atoms. The van der Waals surface area contributed by atoms with Crippen molar-refractivity contribution in [2.45, 2.75) is 6.92 Å². The van der Waals surface area contributed by atoms with Crippen molar-refractivity contribution in [1.29, 1.82) is 0 Å². The van der Waals surface area contributed by atoms with E-state index in [2.05, 4.69) is 10.1 Å². The number of rotatable bonds is 6. The number of ether oxygens (including phenoxy) is 3. The minimum Gasteiger partial charge on any atom is -0.494 e. The Bertz CT molecular complexity index is 1260. The van der Waals surface area contributed by atoms with Gasteiger partial charge in [0.15, 0.2) is 17.3 Å². The number of para-hydroxylation sites is 1. The molecule has 2 aromatic heterocycles. The minimum absolute atomic E-state index is 0.223. The Morgan fingerprint density at radius 3 is 2.55 bits per heavy atom. The summed E-state index contributed by atoms with van der Waals surface area (Å²) in [5, 5.41) is 4.38. The summed E-state index contributed by atoms with van der Waals surface area (Å²) >= 11 is 1.28. The first-order valence-corrected chi connectivity index (χ1v) is 9.81. The number of fused-ring (bicyclic) bond motifs is 1. The lowest BCUT2D eigenvalue weighted by Crippen LogP contribution is -2.23. The molecule has 7 nitrogen and oxygen atoms in total. The quantitative estimate of drug-likeness (QED) is 0.488. The van der Waals surface area contributed by atoms with Crippen LogP contribution in [0.3, 0.4) is 0 Å². The molecule has 0 saturated heterocycles. The SMILES string of the molecule is CCOc1ccc(-c2nc3s/c(=C/c4cccc(OC)c4OC)c(=O)n3n2)cc1. The predicted octanol–water partition coefficient (Wildman–Crippen LogP) is 2.78. The summed E-state index contributed by atoms with van der Waals surface area (Å²) in [4.78, 5) is 17.9. The molecule has 0 aliphatic rings. The van der Waals surface area contributed by atoms with Crippen LogP contribution in [0.1, 0.15) is 12.5 Å². The number of benzene rings is 2. The Kier molecular flexibility index (Phi) is 5.18. The monoisotopic (exact) mass is 409 g/mol. The highest BCUT2D eigenvalue weighted by Crippen LogP contribution is 2.31. The van der Waals surface area contributed by atoms with Crippen molar-refractivity contribution in [2.24, 2.45) is 0 Å². The van der Waals surface area contributed by atoms with Crippen LogP contribution in [0.5, 0.6) is 17.2 Å². The van der Waals surface area contributed by atoms with Crippen molar-refractivity contribution >= 4 is 22.4 Å². The third-order valence-electron chi connectivity index (χ3n) is 4.33. The van der Waals surface area contributed by atoms with Gasteiger partial charge in [-0.2, -0.15) is 9.50 Å². The van der Waals surface area contributed by atoms with Gasteiger partial charge in [-0.15, -0.1) is 5.10 Å². The van der Waals surface area contributed by atoms with Crippen LogP contribution in [0.15, 0.2) is 47.3 Å². The summed E-state index contributed by atoms with van der Waals surface area (Å²) < 4.78 is 18.1. The summed E-state index contributed by atoms with van der Waals surface area (Å²) in [5.41, 5.74) is 1.35. The van der Waals surface area contributed by atoms with E-state index < -0.39 is 0 Å². The van der Waals surface area contributed by atoms with Crippen LogP contribution in [0.4, 0.5) is 0 Å². The van der Waals surface area contributed by atoms with Gasteiger partial charge in [-0.3, -0.25) is 4.79 Å². The molecule has 0 aliphatic heterocycles. The van der Waals surface area contributed by atoms with Gasteiger partial charge in [-0.05, 0) is 43.3 Å². The van der Waals surface area contributed by atoms with Gasteiger partial charge in [0, 0.05) is 11.1 Å². The van der Waals surface area contributed by atoms with Crippen LogP contribution in [-0.4, -0.2) is 35.4 Å². The molecule has 8 heteroatoms. The topological polar surface area (TPSA) is 75.0 Å². The van der Waals surface area contributed by atoms with Crippen LogP contribution < -0.4 is 24.3 Å². The maximum atomic E-state index is 12.8. The Labute approximate surface area is 170 Å². The van der Waals surface area contributed by atoms with E-state index in [4.69, 9.17) is 14.2 Å². The molecule has 0 radical (unpaired) electrons. The maximum Gasteiger partial charge on any atom is 0.291 e. The number of methoxy groups -OCH3 is 2. The average Bonchev–Trinajstić information content (AvgIpc) is 3.28. The van der Waals surface area contributed by atoms with Crippen molar-refractivity contribution < 1.29 is 14.2 Å². The lowest BCUT2D eigenvalue weighted by molar-refractivity contribution is 0.340. The Balaban J connectivity index is 1.74. The lowest BCUT2D eigenvalue weighted by atomic mass is 10.2. The highest BCUT2D eigenvalue weighted by atomic mass is 32.1.